The Bertz CT molecular complexity index is 1020. The molecule has 9 heteroatoms. The average molecular weight is 411 g/mol. The molecule has 0 atom stereocenters. The van der Waals surface area contributed by atoms with Crippen LogP contribution in [0.4, 0.5) is 26.3 Å². The largest absolute Gasteiger partial charge is 0.507 e. The number of hydrogen-bond acceptors (Lipinski definition) is 3. The van der Waals surface area contributed by atoms with Gasteiger partial charge in [0.15, 0.2) is 5.78 Å². The van der Waals surface area contributed by atoms with Crippen molar-refractivity contribution in [2.45, 2.75) is 12.4 Å². The van der Waals surface area contributed by atoms with Crippen LogP contribution < -0.4 is 0 Å². The van der Waals surface area contributed by atoms with Crippen molar-refractivity contribution in [3.05, 3.63) is 83.0 Å². The molecule has 3 aromatic rings. The fourth-order valence-electron chi connectivity index (χ4n) is 2.62. The van der Waals surface area contributed by atoms with E-state index in [0.717, 1.165) is 12.3 Å². The Morgan fingerprint density at radius 2 is 1.41 bits per heavy atom. The third-order valence-electron chi connectivity index (χ3n) is 4.06. The van der Waals surface area contributed by atoms with E-state index in [-0.39, 0.29) is 28.6 Å². The maximum Gasteiger partial charge on any atom is 0.416 e. The van der Waals surface area contributed by atoms with Gasteiger partial charge in [0.25, 0.3) is 0 Å². The predicted molar refractivity (Wildman–Crippen MR) is 91.2 cm³/mol. The third-order valence-corrected chi connectivity index (χ3v) is 4.06. The number of para-hydroxylation sites is 1. The van der Waals surface area contributed by atoms with Crippen LogP contribution in [-0.2, 0) is 12.4 Å². The molecule has 3 nitrogen and oxygen atoms in total. The number of ketones is 1. The molecule has 0 saturated heterocycles. The van der Waals surface area contributed by atoms with Gasteiger partial charge in [0, 0.05) is 17.3 Å². The van der Waals surface area contributed by atoms with Crippen LogP contribution in [0.25, 0.3) is 11.3 Å². The Balaban J connectivity index is 2.02. The van der Waals surface area contributed by atoms with E-state index in [1.54, 1.807) is 0 Å². The second kappa shape index (κ2) is 7.23. The first kappa shape index (κ1) is 20.4. The van der Waals surface area contributed by atoms with Crippen molar-refractivity contribution < 1.29 is 36.2 Å². The molecule has 0 bridgehead atoms. The summed E-state index contributed by atoms with van der Waals surface area (Å²) in [5.41, 5.74) is -3.49. The number of nitrogens with zero attached hydrogens (tertiary/aromatic N) is 1. The zero-order valence-electron chi connectivity index (χ0n) is 14.3. The van der Waals surface area contributed by atoms with Gasteiger partial charge in [0.2, 0.25) is 0 Å². The topological polar surface area (TPSA) is 50.2 Å². The molecule has 3 rings (SSSR count). The molecule has 150 valence electrons. The number of alkyl halides is 6. The van der Waals surface area contributed by atoms with Gasteiger partial charge in [0.1, 0.15) is 5.75 Å². The molecule has 29 heavy (non-hydrogen) atoms. The summed E-state index contributed by atoms with van der Waals surface area (Å²) < 4.78 is 77.9. The molecule has 1 N–H and O–H groups in total. The van der Waals surface area contributed by atoms with Crippen molar-refractivity contribution in [1.29, 1.82) is 0 Å². The first-order valence-corrected chi connectivity index (χ1v) is 8.05. The van der Waals surface area contributed by atoms with Crippen molar-refractivity contribution in [1.82, 2.24) is 4.98 Å². The smallest absolute Gasteiger partial charge is 0.416 e. The lowest BCUT2D eigenvalue weighted by atomic mass is 10.0. The lowest BCUT2D eigenvalue weighted by Crippen LogP contribution is -2.11. The van der Waals surface area contributed by atoms with E-state index in [2.05, 4.69) is 4.98 Å². The molecular formula is C20H11F6NO2. The minimum atomic E-state index is -4.98. The molecule has 0 aliphatic rings. The Hall–Kier alpha value is -3.36. The molecule has 0 unspecified atom stereocenters. The minimum Gasteiger partial charge on any atom is -0.507 e. The van der Waals surface area contributed by atoms with Crippen molar-refractivity contribution in [2.24, 2.45) is 0 Å². The molecular weight excluding hydrogens is 400 g/mol. The molecule has 0 fully saturated rings. The number of aromatic hydroxyl groups is 1. The molecule has 1 aromatic heterocycles. The Morgan fingerprint density at radius 3 is 1.90 bits per heavy atom. The molecule has 0 aliphatic heterocycles. The Labute approximate surface area is 160 Å². The van der Waals surface area contributed by atoms with E-state index in [4.69, 9.17) is 0 Å². The van der Waals surface area contributed by atoms with Crippen LogP contribution in [0.5, 0.6) is 5.75 Å². The first-order valence-electron chi connectivity index (χ1n) is 8.05. The summed E-state index contributed by atoms with van der Waals surface area (Å²) in [7, 11) is 0. The van der Waals surface area contributed by atoms with Crippen LogP contribution >= 0.6 is 0 Å². The summed E-state index contributed by atoms with van der Waals surface area (Å²) in [5.74, 6) is -0.864. The normalized spacial score (nSPS) is 12.1. The third kappa shape index (κ3) is 4.39. The SMILES string of the molecule is O=C(c1ccc(-c2cc(C(F)(F)F)cc(C(F)(F)F)c2)nc1)c1ccccc1O. The van der Waals surface area contributed by atoms with Crippen molar-refractivity contribution in [3.63, 3.8) is 0 Å². The lowest BCUT2D eigenvalue weighted by Gasteiger charge is -2.14. The van der Waals surface area contributed by atoms with Gasteiger partial charge in [-0.05, 0) is 42.5 Å². The van der Waals surface area contributed by atoms with Gasteiger partial charge in [-0.25, -0.2) is 0 Å². The van der Waals surface area contributed by atoms with Gasteiger partial charge >= 0.3 is 12.4 Å². The summed E-state index contributed by atoms with van der Waals surface area (Å²) in [6.45, 7) is 0. The van der Waals surface area contributed by atoms with Crippen LogP contribution in [0, 0.1) is 0 Å². The number of rotatable bonds is 3. The summed E-state index contributed by atoms with van der Waals surface area (Å²) in [6.07, 6.45) is -8.93. The second-order valence-corrected chi connectivity index (χ2v) is 6.07. The fraction of sp³-hybridized carbons (Fsp3) is 0.100. The summed E-state index contributed by atoms with van der Waals surface area (Å²) in [6, 6.07) is 9.21. The molecule has 0 radical (unpaired) electrons. The van der Waals surface area contributed by atoms with Gasteiger partial charge in [0.05, 0.1) is 22.4 Å². The highest BCUT2D eigenvalue weighted by molar-refractivity contribution is 6.10. The highest BCUT2D eigenvalue weighted by Gasteiger charge is 2.37. The number of carbonyl (C=O) groups excluding carboxylic acids is 1. The van der Waals surface area contributed by atoms with Gasteiger partial charge in [-0.3, -0.25) is 9.78 Å². The van der Waals surface area contributed by atoms with Crippen molar-refractivity contribution >= 4 is 5.78 Å². The van der Waals surface area contributed by atoms with E-state index in [1.165, 1.54) is 30.3 Å². The second-order valence-electron chi connectivity index (χ2n) is 6.07. The molecule has 0 amide bonds. The van der Waals surface area contributed by atoms with E-state index >= 15 is 0 Å². The van der Waals surface area contributed by atoms with Crippen LogP contribution in [0.1, 0.15) is 27.0 Å². The van der Waals surface area contributed by atoms with Crippen LogP contribution in [0.15, 0.2) is 60.8 Å². The number of hydrogen-bond donors (Lipinski definition) is 1. The summed E-state index contributed by atoms with van der Waals surface area (Å²) in [4.78, 5) is 16.2. The number of halogens is 6. The van der Waals surface area contributed by atoms with E-state index < -0.39 is 34.8 Å². The van der Waals surface area contributed by atoms with Crippen molar-refractivity contribution in [2.75, 3.05) is 0 Å². The number of pyridine rings is 1. The van der Waals surface area contributed by atoms with Gasteiger partial charge in [-0.2, -0.15) is 26.3 Å². The highest BCUT2D eigenvalue weighted by atomic mass is 19.4. The molecule has 1 heterocycles. The molecule has 0 saturated carbocycles. The number of carbonyl (C=O) groups is 1. The van der Waals surface area contributed by atoms with E-state index in [9.17, 15) is 36.2 Å². The van der Waals surface area contributed by atoms with Gasteiger partial charge < -0.3 is 5.11 Å². The molecule has 2 aromatic carbocycles. The lowest BCUT2D eigenvalue weighted by molar-refractivity contribution is -0.143. The average Bonchev–Trinajstić information content (AvgIpc) is 2.66. The minimum absolute atomic E-state index is 0.0123. The molecule has 0 aliphatic carbocycles. The zero-order valence-corrected chi connectivity index (χ0v) is 14.3. The predicted octanol–water partition coefficient (Wildman–Crippen LogP) is 5.72. The summed E-state index contributed by atoms with van der Waals surface area (Å²) in [5, 5.41) is 9.73. The van der Waals surface area contributed by atoms with E-state index in [0.29, 0.717) is 12.1 Å². The number of benzene rings is 2. The zero-order chi connectivity index (χ0) is 21.4. The standard InChI is InChI=1S/C20H11F6NO2/c21-19(22,23)13-7-12(8-14(9-13)20(24,25)26)16-6-5-11(10-27-16)18(29)15-3-1-2-4-17(15)28/h1-10,28H. The van der Waals surface area contributed by atoms with Gasteiger partial charge in [-0.1, -0.05) is 12.1 Å². The van der Waals surface area contributed by atoms with Crippen molar-refractivity contribution in [3.8, 4) is 17.0 Å². The number of phenolic OH excluding ortho intramolecular Hbond substituents is 1. The van der Waals surface area contributed by atoms with Crippen LogP contribution in [-0.4, -0.2) is 15.9 Å². The number of aromatic nitrogens is 1. The van der Waals surface area contributed by atoms with E-state index in [1.807, 2.05) is 0 Å². The van der Waals surface area contributed by atoms with Gasteiger partial charge in [-0.15, -0.1) is 0 Å². The maximum atomic E-state index is 13.0. The summed E-state index contributed by atoms with van der Waals surface area (Å²) >= 11 is 0. The van der Waals surface area contributed by atoms with Crippen LogP contribution in [0.2, 0.25) is 0 Å². The van der Waals surface area contributed by atoms with Crippen LogP contribution in [0.3, 0.4) is 0 Å². The fourth-order valence-corrected chi connectivity index (χ4v) is 2.62. The first-order chi connectivity index (χ1) is 13.5. The monoisotopic (exact) mass is 411 g/mol. The Morgan fingerprint density at radius 1 is 0.828 bits per heavy atom. The number of phenols is 1. The molecule has 0 spiro atoms. The Kier molecular flexibility index (Phi) is 5.08. The highest BCUT2D eigenvalue weighted by Crippen LogP contribution is 2.38. The maximum absolute atomic E-state index is 13.0. The quantitative estimate of drug-likeness (QED) is 0.443.